The molecule has 0 bridgehead atoms. The molecule has 4 rings (SSSR count). The predicted molar refractivity (Wildman–Crippen MR) is 125 cm³/mol. The van der Waals surface area contributed by atoms with Crippen LogP contribution in [-0.4, -0.2) is 11.6 Å². The van der Waals surface area contributed by atoms with Crippen LogP contribution in [0.15, 0.2) is 91.0 Å². The molecule has 160 valence electrons. The Hall–Kier alpha value is -4.84. The quantitative estimate of drug-likeness (QED) is 0.211. The minimum absolute atomic E-state index is 0.409. The maximum atomic E-state index is 11.2. The smallest absolute Gasteiger partial charge is 0.233 e. The molecule has 0 fully saturated rings. The molecular formula is C23H20N7O2-. The second-order valence-corrected chi connectivity index (χ2v) is 6.01. The zero-order valence-electron chi connectivity index (χ0n) is 17.0. The second-order valence-electron chi connectivity index (χ2n) is 6.01. The molecule has 0 saturated heterocycles. The molecule has 3 aromatic rings. The van der Waals surface area contributed by atoms with Gasteiger partial charge < -0.3 is 16.4 Å². The van der Waals surface area contributed by atoms with Crippen LogP contribution in [0.25, 0.3) is 32.5 Å². The van der Waals surface area contributed by atoms with Crippen molar-refractivity contribution >= 4 is 23.3 Å². The van der Waals surface area contributed by atoms with Crippen LogP contribution in [0.4, 0.5) is 5.69 Å². The molecule has 32 heavy (non-hydrogen) atoms. The number of ketones is 2. The average molecular weight is 426 g/mol. The zero-order valence-corrected chi connectivity index (χ0v) is 17.0. The summed E-state index contributed by atoms with van der Waals surface area (Å²) in [6.45, 7) is 0.880. The molecule has 0 saturated carbocycles. The number of carbonyl (C=O) groups is 2. The molecule has 0 unspecified atom stereocenters. The van der Waals surface area contributed by atoms with Crippen LogP contribution in [0.1, 0.15) is 21.5 Å². The first kappa shape index (κ1) is 25.2. The van der Waals surface area contributed by atoms with Crippen LogP contribution >= 0.6 is 0 Å². The Kier molecular flexibility index (Phi) is 11.9. The van der Waals surface area contributed by atoms with Crippen molar-refractivity contribution in [2.45, 2.75) is 6.54 Å². The third-order valence-corrected chi connectivity index (χ3v) is 3.96. The third kappa shape index (κ3) is 9.11. The van der Waals surface area contributed by atoms with Gasteiger partial charge >= 0.3 is 0 Å². The van der Waals surface area contributed by atoms with Gasteiger partial charge in [0.2, 0.25) is 11.6 Å². The van der Waals surface area contributed by atoms with Crippen molar-refractivity contribution in [1.29, 1.82) is 5.53 Å². The number of hydrogen-bond donors (Lipinski definition) is 2. The van der Waals surface area contributed by atoms with Gasteiger partial charge in [-0.15, -0.1) is 5.53 Å². The Morgan fingerprint density at radius 1 is 0.750 bits per heavy atom. The van der Waals surface area contributed by atoms with Gasteiger partial charge in [-0.1, -0.05) is 78.9 Å². The standard InChI is InChI=1S/C13H13N.C10H6O2.HN3.N3/c1-3-7-12(8-4-1)11-14-13-9-5-2-6-10-13;11-9-6-5-7-3-1-2-4-8(7)10(9)12;2*1-3-2/h1-10,14H,11H2;1-6H;1H;/q;;;-1. The molecule has 9 heteroatoms. The summed E-state index contributed by atoms with van der Waals surface area (Å²) in [6, 6.07) is 27.7. The molecule has 9 nitrogen and oxygen atoms in total. The lowest BCUT2D eigenvalue weighted by atomic mass is 9.96. The molecule has 0 radical (unpaired) electrons. The number of carbonyl (C=O) groups excluding carboxylic acids is 2. The number of para-hydroxylation sites is 1. The number of fused-ring (bicyclic) bond motifs is 1. The van der Waals surface area contributed by atoms with Crippen molar-refractivity contribution in [3.63, 3.8) is 0 Å². The van der Waals surface area contributed by atoms with E-state index in [0.29, 0.717) is 5.56 Å². The molecule has 0 aliphatic heterocycles. The highest BCUT2D eigenvalue weighted by atomic mass is 16.2. The fraction of sp³-hybridized carbons (Fsp3) is 0.0435. The Morgan fingerprint density at radius 3 is 1.84 bits per heavy atom. The highest BCUT2D eigenvalue weighted by Gasteiger charge is 2.19. The maximum absolute atomic E-state index is 11.2. The maximum Gasteiger partial charge on any atom is 0.233 e. The minimum atomic E-state index is -0.436. The highest BCUT2D eigenvalue weighted by molar-refractivity contribution is 6.49. The monoisotopic (exact) mass is 426 g/mol. The number of benzene rings is 3. The van der Waals surface area contributed by atoms with Crippen molar-refractivity contribution in [1.82, 2.24) is 0 Å². The Labute approximate surface area is 184 Å². The van der Waals surface area contributed by atoms with Gasteiger partial charge in [0.15, 0.2) is 0 Å². The molecule has 0 heterocycles. The first-order chi connectivity index (χ1) is 15.6. The van der Waals surface area contributed by atoms with Gasteiger partial charge in [-0.05, 0) is 39.8 Å². The molecule has 2 N–H and O–H groups in total. The summed E-state index contributed by atoms with van der Waals surface area (Å²) in [6.07, 6.45) is 2.98. The van der Waals surface area contributed by atoms with Crippen molar-refractivity contribution in [2.24, 2.45) is 0 Å². The topological polar surface area (TPSA) is 165 Å². The van der Waals surface area contributed by atoms with E-state index < -0.39 is 11.6 Å². The normalized spacial score (nSPS) is 10.2. The number of Topliss-reactive ketones (excluding diaryl/α,β-unsaturated/α-hetero) is 1. The zero-order chi connectivity index (χ0) is 23.6. The summed E-state index contributed by atoms with van der Waals surface area (Å²) in [4.78, 5) is 25.4. The SMILES string of the molecule is O=C1C=Cc2ccccc2C1=O.[N-]=[N+]=N.[N-]=[N+]=[N-].c1ccc(CNc2ccccc2)cc1. The molecule has 3 aromatic carbocycles. The van der Waals surface area contributed by atoms with Crippen LogP contribution < -0.4 is 5.32 Å². The van der Waals surface area contributed by atoms with E-state index in [0.717, 1.165) is 17.8 Å². The van der Waals surface area contributed by atoms with Crippen LogP contribution in [0.2, 0.25) is 0 Å². The molecule has 1 aliphatic carbocycles. The number of allylic oxidation sites excluding steroid dienone is 1. The van der Waals surface area contributed by atoms with Gasteiger partial charge in [0.1, 0.15) is 0 Å². The van der Waals surface area contributed by atoms with E-state index in [1.807, 2.05) is 36.4 Å². The molecule has 0 amide bonds. The largest absolute Gasteiger partial charge is 0.381 e. The van der Waals surface area contributed by atoms with Crippen LogP contribution in [0.3, 0.4) is 0 Å². The summed E-state index contributed by atoms with van der Waals surface area (Å²) in [5, 5.41) is 3.36. The number of anilines is 1. The number of nitrogens with zero attached hydrogens (tertiary/aromatic N) is 5. The van der Waals surface area contributed by atoms with Gasteiger partial charge in [0.25, 0.3) is 0 Å². The van der Waals surface area contributed by atoms with Crippen molar-refractivity contribution < 1.29 is 9.59 Å². The summed E-state index contributed by atoms with van der Waals surface area (Å²) in [5.74, 6) is -0.846. The van der Waals surface area contributed by atoms with E-state index in [1.54, 1.807) is 23.1 Å². The lowest BCUT2D eigenvalue weighted by Crippen LogP contribution is -2.15. The van der Waals surface area contributed by atoms with Gasteiger partial charge in [0.05, 0.1) is 0 Å². The van der Waals surface area contributed by atoms with E-state index in [4.69, 9.17) is 22.1 Å². The van der Waals surface area contributed by atoms with Crippen LogP contribution in [0.5, 0.6) is 0 Å². The van der Waals surface area contributed by atoms with Crippen LogP contribution in [-0.2, 0) is 11.3 Å². The van der Waals surface area contributed by atoms with E-state index in [2.05, 4.69) is 41.7 Å². The van der Waals surface area contributed by atoms with E-state index in [1.165, 1.54) is 16.6 Å². The molecule has 0 atom stereocenters. The fourth-order valence-electron chi connectivity index (χ4n) is 2.58. The Balaban J connectivity index is 0.000000259. The molecule has 0 spiro atoms. The summed E-state index contributed by atoms with van der Waals surface area (Å²) < 4.78 is 0. The van der Waals surface area contributed by atoms with E-state index in [9.17, 15) is 9.59 Å². The fourth-order valence-corrected chi connectivity index (χ4v) is 2.58. The van der Waals surface area contributed by atoms with Crippen molar-refractivity contribution in [3.05, 3.63) is 134 Å². The van der Waals surface area contributed by atoms with E-state index in [-0.39, 0.29) is 0 Å². The highest BCUT2D eigenvalue weighted by Crippen LogP contribution is 2.16. The first-order valence-electron chi connectivity index (χ1n) is 9.25. The summed E-state index contributed by atoms with van der Waals surface area (Å²) in [7, 11) is 0. The molecular weight excluding hydrogens is 406 g/mol. The summed E-state index contributed by atoms with van der Waals surface area (Å²) in [5.41, 5.74) is 29.5. The number of nitrogens with one attached hydrogen (secondary N) is 2. The molecule has 1 aliphatic rings. The minimum Gasteiger partial charge on any atom is -0.381 e. The Morgan fingerprint density at radius 2 is 1.25 bits per heavy atom. The third-order valence-electron chi connectivity index (χ3n) is 3.96. The van der Waals surface area contributed by atoms with Crippen molar-refractivity contribution in [2.75, 3.05) is 5.32 Å². The van der Waals surface area contributed by atoms with E-state index >= 15 is 0 Å². The van der Waals surface area contributed by atoms with Gasteiger partial charge in [-0.3, -0.25) is 14.5 Å². The second kappa shape index (κ2) is 15.1. The average Bonchev–Trinajstić information content (AvgIpc) is 2.83. The lowest BCUT2D eigenvalue weighted by molar-refractivity contribution is -0.110. The van der Waals surface area contributed by atoms with Gasteiger partial charge in [-0.25, -0.2) is 0 Å². The number of rotatable bonds is 3. The molecule has 0 aromatic heterocycles. The van der Waals surface area contributed by atoms with Crippen molar-refractivity contribution in [3.8, 4) is 0 Å². The first-order valence-corrected chi connectivity index (χ1v) is 9.25. The van der Waals surface area contributed by atoms with Crippen LogP contribution in [0, 0.1) is 5.53 Å². The Bertz CT molecular complexity index is 1050. The summed E-state index contributed by atoms with van der Waals surface area (Å²) >= 11 is 0. The van der Waals surface area contributed by atoms with Gasteiger partial charge in [0, 0.05) is 17.8 Å². The number of hydrogen-bond acceptors (Lipinski definition) is 4. The predicted octanol–water partition coefficient (Wildman–Crippen LogP) is 6.51. The van der Waals surface area contributed by atoms with Gasteiger partial charge in [-0.2, -0.15) is 0 Å². The lowest BCUT2D eigenvalue weighted by Gasteiger charge is -2.06.